The van der Waals surface area contributed by atoms with Crippen LogP contribution in [0.25, 0.3) is 0 Å². The van der Waals surface area contributed by atoms with Crippen LogP contribution in [0.15, 0.2) is 12.4 Å². The molecule has 1 aliphatic heterocycles. The van der Waals surface area contributed by atoms with Gasteiger partial charge in [-0.25, -0.2) is 9.78 Å². The summed E-state index contributed by atoms with van der Waals surface area (Å²) >= 11 is 0. The number of anilines is 1. The van der Waals surface area contributed by atoms with E-state index in [0.717, 1.165) is 12.8 Å². The SMILES string of the molecule is CN(C)C(=O)N1CCCC(C(=O)Nc2ncc[nH]2)C1. The van der Waals surface area contributed by atoms with Crippen LogP contribution >= 0.6 is 0 Å². The number of amides is 3. The highest BCUT2D eigenvalue weighted by Gasteiger charge is 2.29. The van der Waals surface area contributed by atoms with Crippen molar-refractivity contribution in [2.75, 3.05) is 32.5 Å². The molecule has 2 N–H and O–H groups in total. The van der Waals surface area contributed by atoms with Crippen molar-refractivity contribution < 1.29 is 9.59 Å². The average molecular weight is 265 g/mol. The number of hydrogen-bond acceptors (Lipinski definition) is 3. The second-order valence-corrected chi connectivity index (χ2v) is 4.89. The maximum absolute atomic E-state index is 12.1. The van der Waals surface area contributed by atoms with E-state index in [1.807, 2.05) is 0 Å². The molecule has 1 fully saturated rings. The fraction of sp³-hybridized carbons (Fsp3) is 0.583. The van der Waals surface area contributed by atoms with Crippen molar-refractivity contribution in [3.05, 3.63) is 12.4 Å². The molecule has 0 saturated carbocycles. The van der Waals surface area contributed by atoms with Crippen LogP contribution in [0.5, 0.6) is 0 Å². The van der Waals surface area contributed by atoms with E-state index >= 15 is 0 Å². The molecule has 1 aromatic rings. The highest BCUT2D eigenvalue weighted by atomic mass is 16.2. The van der Waals surface area contributed by atoms with Gasteiger partial charge in [0.25, 0.3) is 0 Å². The number of nitrogens with one attached hydrogen (secondary N) is 2. The van der Waals surface area contributed by atoms with Gasteiger partial charge in [-0.3, -0.25) is 10.1 Å². The minimum absolute atomic E-state index is 0.0458. The Morgan fingerprint density at radius 1 is 1.53 bits per heavy atom. The summed E-state index contributed by atoms with van der Waals surface area (Å²) in [6, 6.07) is -0.0458. The van der Waals surface area contributed by atoms with Gasteiger partial charge in [0.2, 0.25) is 11.9 Å². The maximum Gasteiger partial charge on any atom is 0.319 e. The van der Waals surface area contributed by atoms with E-state index < -0.39 is 0 Å². The highest BCUT2D eigenvalue weighted by molar-refractivity contribution is 5.91. The molecule has 1 aromatic heterocycles. The number of aromatic nitrogens is 2. The quantitative estimate of drug-likeness (QED) is 0.827. The van der Waals surface area contributed by atoms with E-state index in [0.29, 0.717) is 19.0 Å². The number of piperidine rings is 1. The minimum atomic E-state index is -0.178. The molecule has 1 unspecified atom stereocenters. The number of carbonyl (C=O) groups excluding carboxylic acids is 2. The molecule has 3 amide bonds. The second-order valence-electron chi connectivity index (χ2n) is 4.89. The van der Waals surface area contributed by atoms with E-state index in [-0.39, 0.29) is 17.9 Å². The largest absolute Gasteiger partial charge is 0.331 e. The third kappa shape index (κ3) is 3.24. The summed E-state index contributed by atoms with van der Waals surface area (Å²) in [5.74, 6) is 0.176. The first-order valence-corrected chi connectivity index (χ1v) is 6.34. The van der Waals surface area contributed by atoms with Crippen LogP contribution in [0, 0.1) is 5.92 Å². The van der Waals surface area contributed by atoms with Gasteiger partial charge in [-0.05, 0) is 12.8 Å². The Bertz CT molecular complexity index is 443. The number of urea groups is 1. The smallest absolute Gasteiger partial charge is 0.319 e. The third-order valence-corrected chi connectivity index (χ3v) is 3.19. The van der Waals surface area contributed by atoms with Crippen molar-refractivity contribution in [1.82, 2.24) is 19.8 Å². The number of carbonyl (C=O) groups is 2. The summed E-state index contributed by atoms with van der Waals surface area (Å²) in [4.78, 5) is 34.0. The molecule has 1 aliphatic rings. The zero-order valence-electron chi connectivity index (χ0n) is 11.2. The van der Waals surface area contributed by atoms with Gasteiger partial charge in [-0.15, -0.1) is 0 Å². The number of nitrogens with zero attached hydrogens (tertiary/aromatic N) is 3. The summed E-state index contributed by atoms with van der Waals surface area (Å²) in [6.45, 7) is 1.17. The van der Waals surface area contributed by atoms with Gasteiger partial charge in [0, 0.05) is 39.6 Å². The van der Waals surface area contributed by atoms with Gasteiger partial charge in [-0.1, -0.05) is 0 Å². The van der Waals surface area contributed by atoms with Crippen LogP contribution in [-0.4, -0.2) is 58.9 Å². The van der Waals surface area contributed by atoms with Crippen molar-refractivity contribution in [2.45, 2.75) is 12.8 Å². The lowest BCUT2D eigenvalue weighted by Crippen LogP contribution is -2.47. The first-order chi connectivity index (χ1) is 9.08. The Balaban J connectivity index is 1.93. The Morgan fingerprint density at radius 2 is 2.32 bits per heavy atom. The molecule has 0 aliphatic carbocycles. The summed E-state index contributed by atoms with van der Waals surface area (Å²) < 4.78 is 0. The lowest BCUT2D eigenvalue weighted by molar-refractivity contribution is -0.121. The second kappa shape index (κ2) is 5.73. The number of rotatable bonds is 2. The first-order valence-electron chi connectivity index (χ1n) is 6.34. The summed E-state index contributed by atoms with van der Waals surface area (Å²) in [5.41, 5.74) is 0. The molecule has 2 rings (SSSR count). The van der Waals surface area contributed by atoms with Gasteiger partial charge in [-0.2, -0.15) is 0 Å². The van der Waals surface area contributed by atoms with Crippen molar-refractivity contribution in [3.8, 4) is 0 Å². The van der Waals surface area contributed by atoms with E-state index in [9.17, 15) is 9.59 Å². The lowest BCUT2D eigenvalue weighted by atomic mass is 9.97. The molecule has 2 heterocycles. The molecule has 0 radical (unpaired) electrons. The summed E-state index contributed by atoms with van der Waals surface area (Å²) in [7, 11) is 3.43. The average Bonchev–Trinajstić information content (AvgIpc) is 2.90. The van der Waals surface area contributed by atoms with Crippen LogP contribution in [0.1, 0.15) is 12.8 Å². The Labute approximate surface area is 112 Å². The van der Waals surface area contributed by atoms with E-state index in [4.69, 9.17) is 0 Å². The molecular formula is C12H19N5O2. The van der Waals surface area contributed by atoms with Crippen molar-refractivity contribution in [2.24, 2.45) is 5.92 Å². The van der Waals surface area contributed by atoms with Gasteiger partial charge < -0.3 is 14.8 Å². The van der Waals surface area contributed by atoms with E-state index in [2.05, 4.69) is 15.3 Å². The lowest BCUT2D eigenvalue weighted by Gasteiger charge is -2.33. The van der Waals surface area contributed by atoms with Crippen molar-refractivity contribution in [1.29, 1.82) is 0 Å². The monoisotopic (exact) mass is 265 g/mol. The topological polar surface area (TPSA) is 81.3 Å². The highest BCUT2D eigenvalue weighted by Crippen LogP contribution is 2.18. The summed E-state index contributed by atoms with van der Waals surface area (Å²) in [5, 5.41) is 2.72. The van der Waals surface area contributed by atoms with Crippen LogP contribution < -0.4 is 5.32 Å². The van der Waals surface area contributed by atoms with Crippen LogP contribution in [0.4, 0.5) is 10.7 Å². The Kier molecular flexibility index (Phi) is 4.03. The number of imidazole rings is 1. The van der Waals surface area contributed by atoms with Gasteiger partial charge in [0.15, 0.2) is 0 Å². The van der Waals surface area contributed by atoms with Crippen LogP contribution in [0.3, 0.4) is 0 Å². The number of H-pyrrole nitrogens is 1. The van der Waals surface area contributed by atoms with Crippen molar-refractivity contribution >= 4 is 17.9 Å². The predicted octanol–water partition coefficient (Wildman–Crippen LogP) is 0.742. The van der Waals surface area contributed by atoms with Gasteiger partial charge >= 0.3 is 6.03 Å². The van der Waals surface area contributed by atoms with Crippen LogP contribution in [-0.2, 0) is 4.79 Å². The number of hydrogen-bond donors (Lipinski definition) is 2. The third-order valence-electron chi connectivity index (χ3n) is 3.19. The molecule has 104 valence electrons. The molecule has 0 aromatic carbocycles. The van der Waals surface area contributed by atoms with E-state index in [1.165, 1.54) is 4.90 Å². The Hall–Kier alpha value is -2.05. The minimum Gasteiger partial charge on any atom is -0.331 e. The molecule has 1 saturated heterocycles. The van der Waals surface area contributed by atoms with Gasteiger partial charge in [0.1, 0.15) is 0 Å². The maximum atomic E-state index is 12.1. The Morgan fingerprint density at radius 3 is 2.95 bits per heavy atom. The van der Waals surface area contributed by atoms with Gasteiger partial charge in [0.05, 0.1) is 5.92 Å². The molecule has 0 spiro atoms. The molecular weight excluding hydrogens is 246 g/mol. The standard InChI is InChI=1S/C12H19N5O2/c1-16(2)12(19)17-7-3-4-9(8-17)10(18)15-11-13-5-6-14-11/h5-6,9H,3-4,7-8H2,1-2H3,(H2,13,14,15,18). The fourth-order valence-corrected chi connectivity index (χ4v) is 2.20. The summed E-state index contributed by atoms with van der Waals surface area (Å²) in [6.07, 6.45) is 4.87. The van der Waals surface area contributed by atoms with Crippen molar-refractivity contribution in [3.63, 3.8) is 0 Å². The molecule has 19 heavy (non-hydrogen) atoms. The predicted molar refractivity (Wildman–Crippen MR) is 70.6 cm³/mol. The van der Waals surface area contributed by atoms with Crippen LogP contribution in [0.2, 0.25) is 0 Å². The molecule has 1 atom stereocenters. The molecule has 7 heteroatoms. The molecule has 0 bridgehead atoms. The zero-order valence-corrected chi connectivity index (χ0v) is 11.2. The first kappa shape index (κ1) is 13.4. The zero-order chi connectivity index (χ0) is 13.8. The normalized spacial score (nSPS) is 19.1. The number of likely N-dealkylation sites (tertiary alicyclic amines) is 1. The molecule has 7 nitrogen and oxygen atoms in total. The van der Waals surface area contributed by atoms with E-state index in [1.54, 1.807) is 31.4 Å². The number of aromatic amines is 1. The fourth-order valence-electron chi connectivity index (χ4n) is 2.20.